The van der Waals surface area contributed by atoms with Gasteiger partial charge in [0.25, 0.3) is 0 Å². The molecule has 3 nitrogen and oxygen atoms in total. The van der Waals surface area contributed by atoms with Crippen molar-refractivity contribution in [3.8, 4) is 0 Å². The number of ketones is 1. The fraction of sp³-hybridized carbons (Fsp3) is 0.692. The molecule has 0 saturated carbocycles. The van der Waals surface area contributed by atoms with E-state index < -0.39 is 0 Å². The van der Waals surface area contributed by atoms with Crippen LogP contribution < -0.4 is 0 Å². The number of carbonyl (C=O) groups excluding carboxylic acids is 1. The van der Waals surface area contributed by atoms with Gasteiger partial charge in [0.05, 0.1) is 6.42 Å². The largest absolute Gasteiger partial charge is 0.335 e. The molecule has 1 heterocycles. The minimum absolute atomic E-state index is 0.201. The highest BCUT2D eigenvalue weighted by atomic mass is 16.1. The first-order valence-corrected chi connectivity index (χ1v) is 6.25. The molecule has 0 aromatic carbocycles. The lowest BCUT2D eigenvalue weighted by Gasteiger charge is -2.11. The molecule has 0 aliphatic carbocycles. The van der Waals surface area contributed by atoms with Gasteiger partial charge in [-0.25, -0.2) is 4.98 Å². The van der Waals surface area contributed by atoms with Crippen molar-refractivity contribution in [1.82, 2.24) is 9.55 Å². The van der Waals surface area contributed by atoms with Gasteiger partial charge in [-0.1, -0.05) is 20.8 Å². The first kappa shape index (κ1) is 12.9. The molecular formula is C13H22N2O. The van der Waals surface area contributed by atoms with Gasteiger partial charge in [0.2, 0.25) is 0 Å². The van der Waals surface area contributed by atoms with Crippen molar-refractivity contribution >= 4 is 5.78 Å². The van der Waals surface area contributed by atoms with E-state index in [2.05, 4.69) is 30.3 Å². The fourth-order valence-corrected chi connectivity index (χ4v) is 2.00. The molecule has 1 aromatic rings. The fourth-order valence-electron chi connectivity index (χ4n) is 2.00. The zero-order chi connectivity index (χ0) is 12.0. The first-order chi connectivity index (χ1) is 7.72. The zero-order valence-electron chi connectivity index (χ0n) is 10.6. The van der Waals surface area contributed by atoms with Crippen LogP contribution in [-0.4, -0.2) is 15.3 Å². The Morgan fingerprint density at radius 3 is 2.62 bits per heavy atom. The Labute approximate surface area is 97.9 Å². The van der Waals surface area contributed by atoms with Crippen LogP contribution in [0.25, 0.3) is 0 Å². The van der Waals surface area contributed by atoms with Crippen molar-refractivity contribution in [2.75, 3.05) is 0 Å². The van der Waals surface area contributed by atoms with Crippen molar-refractivity contribution in [3.63, 3.8) is 0 Å². The average Bonchev–Trinajstić information content (AvgIpc) is 2.68. The Hall–Kier alpha value is -1.12. The number of aromatic nitrogens is 2. The molecule has 0 saturated heterocycles. The lowest BCUT2D eigenvalue weighted by molar-refractivity contribution is -0.122. The van der Waals surface area contributed by atoms with Crippen molar-refractivity contribution < 1.29 is 4.79 Å². The Morgan fingerprint density at radius 1 is 1.38 bits per heavy atom. The monoisotopic (exact) mass is 222 g/mol. The van der Waals surface area contributed by atoms with Crippen LogP contribution in [-0.2, 0) is 17.8 Å². The highest BCUT2D eigenvalue weighted by molar-refractivity contribution is 5.82. The minimum Gasteiger partial charge on any atom is -0.335 e. The zero-order valence-corrected chi connectivity index (χ0v) is 10.6. The molecule has 0 fully saturated rings. The molecule has 0 radical (unpaired) electrons. The molecule has 0 N–H and O–H groups in total. The highest BCUT2D eigenvalue weighted by Crippen LogP contribution is 2.12. The van der Waals surface area contributed by atoms with Crippen LogP contribution in [0.5, 0.6) is 0 Å². The number of rotatable bonds is 7. The van der Waals surface area contributed by atoms with Gasteiger partial charge in [0, 0.05) is 24.9 Å². The SMILES string of the molecule is CCCn1ccnc1CC(=O)C(CC)CC. The summed E-state index contributed by atoms with van der Waals surface area (Å²) in [6, 6.07) is 0. The summed E-state index contributed by atoms with van der Waals surface area (Å²) in [7, 11) is 0. The Balaban J connectivity index is 2.64. The summed E-state index contributed by atoms with van der Waals surface area (Å²) in [6.07, 6.45) is 7.17. The Kier molecular flexibility index (Phi) is 5.23. The molecule has 1 rings (SSSR count). The summed E-state index contributed by atoms with van der Waals surface area (Å²) in [4.78, 5) is 16.2. The maximum absolute atomic E-state index is 12.0. The second-order valence-electron chi connectivity index (χ2n) is 4.19. The van der Waals surface area contributed by atoms with E-state index in [0.717, 1.165) is 31.6 Å². The van der Waals surface area contributed by atoms with Crippen LogP contribution in [0.4, 0.5) is 0 Å². The first-order valence-electron chi connectivity index (χ1n) is 6.25. The maximum Gasteiger partial charge on any atom is 0.143 e. The summed E-state index contributed by atoms with van der Waals surface area (Å²) >= 11 is 0. The molecule has 16 heavy (non-hydrogen) atoms. The predicted molar refractivity (Wildman–Crippen MR) is 65.3 cm³/mol. The predicted octanol–water partition coefficient (Wildman–Crippen LogP) is 2.84. The molecule has 0 atom stereocenters. The van der Waals surface area contributed by atoms with Gasteiger partial charge in [-0.3, -0.25) is 4.79 Å². The number of carbonyl (C=O) groups is 1. The van der Waals surface area contributed by atoms with Gasteiger partial charge in [-0.05, 0) is 19.3 Å². The summed E-state index contributed by atoms with van der Waals surface area (Å²) in [6.45, 7) is 7.23. The van der Waals surface area contributed by atoms with Crippen molar-refractivity contribution in [2.24, 2.45) is 5.92 Å². The molecule has 0 unspecified atom stereocenters. The quantitative estimate of drug-likeness (QED) is 0.711. The van der Waals surface area contributed by atoms with Gasteiger partial charge in [-0.2, -0.15) is 0 Å². The van der Waals surface area contributed by atoms with E-state index in [1.54, 1.807) is 6.20 Å². The normalized spacial score (nSPS) is 11.0. The average molecular weight is 222 g/mol. The second kappa shape index (κ2) is 6.46. The lowest BCUT2D eigenvalue weighted by Crippen LogP contribution is -2.18. The Bertz CT molecular complexity index is 326. The van der Waals surface area contributed by atoms with Gasteiger partial charge in [0.15, 0.2) is 0 Å². The summed E-state index contributed by atoms with van der Waals surface area (Å²) in [5.74, 6) is 1.44. The van der Waals surface area contributed by atoms with Crippen LogP contribution in [0.3, 0.4) is 0 Å². The molecule has 1 aromatic heterocycles. The number of Topliss-reactive ketones (excluding diaryl/α,β-unsaturated/α-hetero) is 1. The third-order valence-corrected chi connectivity index (χ3v) is 3.04. The van der Waals surface area contributed by atoms with Crippen LogP contribution in [0.1, 0.15) is 45.9 Å². The van der Waals surface area contributed by atoms with Crippen LogP contribution in [0.2, 0.25) is 0 Å². The van der Waals surface area contributed by atoms with Gasteiger partial charge in [0.1, 0.15) is 11.6 Å². The van der Waals surface area contributed by atoms with Crippen LogP contribution in [0.15, 0.2) is 12.4 Å². The third-order valence-electron chi connectivity index (χ3n) is 3.04. The van der Waals surface area contributed by atoms with Crippen molar-refractivity contribution in [3.05, 3.63) is 18.2 Å². The molecule has 0 aliphatic rings. The standard InChI is InChI=1S/C13H22N2O/c1-4-8-15-9-7-14-13(15)10-12(16)11(5-2)6-3/h7,9,11H,4-6,8,10H2,1-3H3. The van der Waals surface area contributed by atoms with Gasteiger partial charge in [-0.15, -0.1) is 0 Å². The van der Waals surface area contributed by atoms with E-state index in [1.165, 1.54) is 0 Å². The maximum atomic E-state index is 12.0. The van der Waals surface area contributed by atoms with E-state index in [9.17, 15) is 4.79 Å². The summed E-state index contributed by atoms with van der Waals surface area (Å²) < 4.78 is 2.08. The van der Waals surface area contributed by atoms with E-state index in [1.807, 2.05) is 6.20 Å². The Morgan fingerprint density at radius 2 is 2.06 bits per heavy atom. The van der Waals surface area contributed by atoms with Crippen LogP contribution in [0, 0.1) is 5.92 Å². The summed E-state index contributed by atoms with van der Waals surface area (Å²) in [5.41, 5.74) is 0. The number of nitrogens with zero attached hydrogens (tertiary/aromatic N) is 2. The third kappa shape index (κ3) is 3.19. The second-order valence-corrected chi connectivity index (χ2v) is 4.19. The van der Waals surface area contributed by atoms with E-state index in [-0.39, 0.29) is 5.92 Å². The van der Waals surface area contributed by atoms with Crippen LogP contribution >= 0.6 is 0 Å². The van der Waals surface area contributed by atoms with E-state index in [0.29, 0.717) is 12.2 Å². The number of hydrogen-bond acceptors (Lipinski definition) is 2. The lowest BCUT2D eigenvalue weighted by atomic mass is 9.96. The van der Waals surface area contributed by atoms with Gasteiger partial charge >= 0.3 is 0 Å². The van der Waals surface area contributed by atoms with Crippen molar-refractivity contribution in [1.29, 1.82) is 0 Å². The molecular weight excluding hydrogens is 200 g/mol. The molecule has 0 bridgehead atoms. The minimum atomic E-state index is 0.201. The number of imidazole rings is 1. The molecule has 0 spiro atoms. The van der Waals surface area contributed by atoms with E-state index >= 15 is 0 Å². The molecule has 3 heteroatoms. The van der Waals surface area contributed by atoms with Gasteiger partial charge < -0.3 is 4.57 Å². The van der Waals surface area contributed by atoms with E-state index in [4.69, 9.17) is 0 Å². The molecule has 0 amide bonds. The number of hydrogen-bond donors (Lipinski definition) is 0. The summed E-state index contributed by atoms with van der Waals surface area (Å²) in [5, 5.41) is 0. The molecule has 0 aliphatic heterocycles. The topological polar surface area (TPSA) is 34.9 Å². The molecule has 90 valence electrons. The van der Waals surface area contributed by atoms with Crippen molar-refractivity contribution in [2.45, 2.75) is 53.0 Å². The highest BCUT2D eigenvalue weighted by Gasteiger charge is 2.16. The number of aryl methyl sites for hydroxylation is 1. The smallest absolute Gasteiger partial charge is 0.143 e.